The van der Waals surface area contributed by atoms with Crippen molar-refractivity contribution < 1.29 is 19.7 Å². The van der Waals surface area contributed by atoms with Gasteiger partial charge in [0.25, 0.3) is 0 Å². The zero-order valence-electron chi connectivity index (χ0n) is 12.1. The van der Waals surface area contributed by atoms with E-state index in [1.54, 1.807) is 27.7 Å². The summed E-state index contributed by atoms with van der Waals surface area (Å²) in [5.41, 5.74) is 0. The number of hydrogen-bond acceptors (Lipinski definition) is 8. The minimum absolute atomic E-state index is 0.0915. The largest absolute Gasteiger partial charge is 0.540 e. The van der Waals surface area contributed by atoms with Crippen molar-refractivity contribution >= 4 is 6.16 Å². The van der Waals surface area contributed by atoms with Gasteiger partial charge in [-0.15, -0.1) is 0 Å². The third-order valence-corrected chi connectivity index (χ3v) is 1.66. The number of hydrogen-bond donors (Lipinski definition) is 1. The summed E-state index contributed by atoms with van der Waals surface area (Å²) in [6.45, 7) is 7.72. The van der Waals surface area contributed by atoms with E-state index in [9.17, 15) is 4.79 Å². The van der Waals surface area contributed by atoms with Crippen LogP contribution in [0.4, 0.5) is 4.79 Å². The molecular weight excluding hydrogens is 264 g/mol. The number of ether oxygens (including phenoxy) is 1. The number of nitriles is 2. The monoisotopic (exact) mass is 284 g/mol. The van der Waals surface area contributed by atoms with Crippen LogP contribution in [-0.4, -0.2) is 30.6 Å². The van der Waals surface area contributed by atoms with Crippen LogP contribution in [0, 0.1) is 34.5 Å². The fourth-order valence-electron chi connectivity index (χ4n) is 0.656. The van der Waals surface area contributed by atoms with Crippen LogP contribution >= 0.6 is 0 Å². The van der Waals surface area contributed by atoms with Crippen molar-refractivity contribution in [3.8, 4) is 12.1 Å². The first-order valence-electron chi connectivity index (χ1n) is 6.01. The fourth-order valence-corrected chi connectivity index (χ4v) is 0.656. The summed E-state index contributed by atoms with van der Waals surface area (Å²) in [5.74, 6) is -0.183. The quantitative estimate of drug-likeness (QED) is 0.357. The predicted octanol–water partition coefficient (Wildman–Crippen LogP) is 2.78. The molecule has 0 aliphatic rings. The van der Waals surface area contributed by atoms with Gasteiger partial charge in [0.05, 0.1) is 43.2 Å². The average molecular weight is 284 g/mol. The summed E-state index contributed by atoms with van der Waals surface area (Å²) in [6, 6.07) is 4.10. The van der Waals surface area contributed by atoms with E-state index < -0.39 is 6.16 Å². The van der Waals surface area contributed by atoms with E-state index >= 15 is 0 Å². The molecule has 0 radical (unpaired) electrons. The molecule has 8 nitrogen and oxygen atoms in total. The topological polar surface area (TPSA) is 128 Å². The number of nitrogens with zero attached hydrogens (tertiary/aromatic N) is 4. The molecule has 0 spiro atoms. The summed E-state index contributed by atoms with van der Waals surface area (Å²) < 4.78 is 4.29. The zero-order chi connectivity index (χ0) is 16.0. The van der Waals surface area contributed by atoms with Crippen molar-refractivity contribution in [3.05, 3.63) is 0 Å². The maximum Gasteiger partial charge on any atom is 0.540 e. The molecule has 0 saturated heterocycles. The van der Waals surface area contributed by atoms with Crippen molar-refractivity contribution in [1.82, 2.24) is 0 Å². The summed E-state index contributed by atoms with van der Waals surface area (Å²) >= 11 is 0. The van der Waals surface area contributed by atoms with Gasteiger partial charge in [-0.1, -0.05) is 0 Å². The normalized spacial score (nSPS) is 12.6. The summed E-state index contributed by atoms with van der Waals surface area (Å²) in [7, 11) is 0. The zero-order valence-corrected chi connectivity index (χ0v) is 12.1. The maximum absolute atomic E-state index is 9.93. The van der Waals surface area contributed by atoms with E-state index in [1.165, 1.54) is 0 Å². The summed E-state index contributed by atoms with van der Waals surface area (Å²) in [4.78, 5) is 13.1. The Morgan fingerprint density at radius 3 is 1.70 bits per heavy atom. The molecule has 2 unspecified atom stereocenters. The fraction of sp³-hybridized carbons (Fsp3) is 0.750. The Balaban J connectivity index is 0. The number of carbonyl (C=O) groups excluding carboxylic acids is 1. The number of azo groups is 1. The molecule has 20 heavy (non-hydrogen) atoms. The van der Waals surface area contributed by atoms with Gasteiger partial charge in [0.1, 0.15) is 0 Å². The molecule has 0 rings (SSSR count). The van der Waals surface area contributed by atoms with E-state index in [-0.39, 0.29) is 17.9 Å². The van der Waals surface area contributed by atoms with Gasteiger partial charge < -0.3 is 4.74 Å². The van der Waals surface area contributed by atoms with Gasteiger partial charge in [-0.2, -0.15) is 26.0 Å². The van der Waals surface area contributed by atoms with E-state index in [2.05, 4.69) is 19.9 Å². The van der Waals surface area contributed by atoms with Crippen LogP contribution in [0.25, 0.3) is 0 Å². The lowest BCUT2D eigenvalue weighted by molar-refractivity contribution is -0.203. The van der Waals surface area contributed by atoms with Crippen LogP contribution in [0.3, 0.4) is 0 Å². The van der Waals surface area contributed by atoms with Crippen LogP contribution in [0.2, 0.25) is 0 Å². The Morgan fingerprint density at radius 1 is 1.10 bits per heavy atom. The second-order valence-electron chi connectivity index (χ2n) is 4.22. The van der Waals surface area contributed by atoms with Gasteiger partial charge in [0.15, 0.2) is 0 Å². The molecule has 1 N–H and O–H groups in total. The smallest absolute Gasteiger partial charge is 0.430 e. The first kappa shape index (κ1) is 20.1. The average Bonchev–Trinajstić information content (AvgIpc) is 2.42. The molecule has 0 aliphatic carbocycles. The van der Waals surface area contributed by atoms with Crippen molar-refractivity contribution in [2.75, 3.05) is 13.1 Å². The third kappa shape index (κ3) is 15.8. The highest BCUT2D eigenvalue weighted by atomic mass is 17.1. The molecular formula is C12H20N4O4. The van der Waals surface area contributed by atoms with E-state index in [0.29, 0.717) is 13.1 Å². The molecule has 0 amide bonds. The Bertz CT molecular complexity index is 347. The van der Waals surface area contributed by atoms with Crippen molar-refractivity contribution in [1.29, 1.82) is 10.5 Å². The van der Waals surface area contributed by atoms with Gasteiger partial charge in [-0.3, -0.25) is 4.89 Å². The number of rotatable bonds is 5. The molecule has 0 fully saturated rings. The molecule has 0 aromatic heterocycles. The maximum atomic E-state index is 9.93. The molecule has 0 aliphatic heterocycles. The first-order valence-corrected chi connectivity index (χ1v) is 6.01. The van der Waals surface area contributed by atoms with Crippen molar-refractivity contribution in [3.63, 3.8) is 0 Å². The highest BCUT2D eigenvalue weighted by Gasteiger charge is 2.03. The van der Waals surface area contributed by atoms with Gasteiger partial charge in [0.2, 0.25) is 0 Å². The highest BCUT2D eigenvalue weighted by molar-refractivity contribution is 5.58. The Morgan fingerprint density at radius 2 is 1.50 bits per heavy atom. The predicted molar refractivity (Wildman–Crippen MR) is 69.5 cm³/mol. The summed E-state index contributed by atoms with van der Waals surface area (Å²) in [5, 5.41) is 31.9. The molecule has 0 aromatic rings. The Hall–Kier alpha value is -2.19. The minimum atomic E-state index is -1.07. The molecule has 0 saturated carbocycles. The van der Waals surface area contributed by atoms with Crippen LogP contribution in [0.5, 0.6) is 0 Å². The lowest BCUT2D eigenvalue weighted by Gasteiger charge is -2.02. The SMILES string of the molecule is CC(C#N)CN=NCC(C)C#N.CC(C)OC(=O)OO. The van der Waals surface area contributed by atoms with Gasteiger partial charge in [-0.25, -0.2) is 4.79 Å². The molecule has 112 valence electrons. The summed E-state index contributed by atoms with van der Waals surface area (Å²) in [6.07, 6.45) is -1.32. The highest BCUT2D eigenvalue weighted by Crippen LogP contribution is 1.96. The van der Waals surface area contributed by atoms with Gasteiger partial charge in [-0.05, 0) is 27.7 Å². The lowest BCUT2D eigenvalue weighted by Crippen LogP contribution is -2.10. The molecule has 0 aromatic carbocycles. The van der Waals surface area contributed by atoms with E-state index in [0.717, 1.165) is 0 Å². The van der Waals surface area contributed by atoms with Crippen LogP contribution < -0.4 is 0 Å². The lowest BCUT2D eigenvalue weighted by atomic mass is 10.2. The molecule has 0 bridgehead atoms. The molecule has 0 heterocycles. The first-order chi connectivity index (χ1) is 9.37. The Kier molecular flexibility index (Phi) is 13.3. The van der Waals surface area contributed by atoms with Crippen molar-refractivity contribution in [2.24, 2.45) is 22.1 Å². The van der Waals surface area contributed by atoms with E-state index in [1.807, 2.05) is 12.1 Å². The molecule has 8 heteroatoms. The Labute approximate surface area is 118 Å². The third-order valence-electron chi connectivity index (χ3n) is 1.66. The van der Waals surface area contributed by atoms with Crippen molar-refractivity contribution in [2.45, 2.75) is 33.8 Å². The second kappa shape index (κ2) is 13.2. The standard InChI is InChI=1S/C8H12N4.C4H8O4/c1-7(3-9)5-11-12-6-8(2)4-10;1-3(2)7-4(5)8-6/h7-8H,5-6H2,1-2H3;3,6H,1-2H3. The van der Waals surface area contributed by atoms with Gasteiger partial charge >= 0.3 is 6.16 Å². The minimum Gasteiger partial charge on any atom is -0.430 e. The van der Waals surface area contributed by atoms with Crippen LogP contribution in [0.15, 0.2) is 10.2 Å². The van der Waals surface area contributed by atoms with Gasteiger partial charge in [0, 0.05) is 0 Å². The molecule has 2 atom stereocenters. The van der Waals surface area contributed by atoms with Crippen LogP contribution in [-0.2, 0) is 9.62 Å². The number of carbonyl (C=O) groups is 1. The van der Waals surface area contributed by atoms with E-state index in [4.69, 9.17) is 15.8 Å². The van der Waals surface area contributed by atoms with Crippen LogP contribution in [0.1, 0.15) is 27.7 Å². The second-order valence-corrected chi connectivity index (χ2v) is 4.22.